The molecule has 1 aliphatic heterocycles. The number of amides is 1. The van der Waals surface area contributed by atoms with Crippen molar-refractivity contribution in [2.24, 2.45) is 0 Å². The molecule has 1 aromatic carbocycles. The molecular weight excluding hydrogens is 306 g/mol. The van der Waals surface area contributed by atoms with Crippen LogP contribution in [-0.4, -0.2) is 60.6 Å². The summed E-state index contributed by atoms with van der Waals surface area (Å²) in [6, 6.07) is 9.33. The Balaban J connectivity index is 1.46. The normalized spacial score (nSPS) is 14.4. The SMILES string of the molecule is COc1ccc(NCC(=O)N2CCN(c3ncccn3)CC2)cc1. The minimum atomic E-state index is 0.0967. The van der Waals surface area contributed by atoms with Crippen molar-refractivity contribution in [1.29, 1.82) is 0 Å². The van der Waals surface area contributed by atoms with Gasteiger partial charge in [0.25, 0.3) is 0 Å². The van der Waals surface area contributed by atoms with Gasteiger partial charge in [0.2, 0.25) is 11.9 Å². The van der Waals surface area contributed by atoms with Crippen LogP contribution >= 0.6 is 0 Å². The Labute approximate surface area is 141 Å². The number of hydrogen-bond donors (Lipinski definition) is 1. The van der Waals surface area contributed by atoms with Crippen LogP contribution in [-0.2, 0) is 4.79 Å². The Bertz CT molecular complexity index is 654. The van der Waals surface area contributed by atoms with E-state index < -0.39 is 0 Å². The second-order valence-corrected chi connectivity index (χ2v) is 5.50. The van der Waals surface area contributed by atoms with Crippen molar-refractivity contribution in [3.8, 4) is 5.75 Å². The zero-order valence-electron chi connectivity index (χ0n) is 13.7. The third-order valence-electron chi connectivity index (χ3n) is 4.00. The van der Waals surface area contributed by atoms with E-state index in [0.29, 0.717) is 13.1 Å². The minimum absolute atomic E-state index is 0.0967. The van der Waals surface area contributed by atoms with Crippen LogP contribution in [0.5, 0.6) is 5.75 Å². The first-order chi connectivity index (χ1) is 11.8. The number of ether oxygens (including phenoxy) is 1. The first kappa shape index (κ1) is 16.0. The van der Waals surface area contributed by atoms with Gasteiger partial charge in [0, 0.05) is 44.3 Å². The third-order valence-corrected chi connectivity index (χ3v) is 4.00. The lowest BCUT2D eigenvalue weighted by Crippen LogP contribution is -2.50. The summed E-state index contributed by atoms with van der Waals surface area (Å²) in [7, 11) is 1.63. The topological polar surface area (TPSA) is 70.6 Å². The van der Waals surface area contributed by atoms with E-state index in [1.165, 1.54) is 0 Å². The number of carbonyl (C=O) groups excluding carboxylic acids is 1. The van der Waals surface area contributed by atoms with Crippen LogP contribution in [0, 0.1) is 0 Å². The monoisotopic (exact) mass is 327 g/mol. The van der Waals surface area contributed by atoms with E-state index >= 15 is 0 Å². The molecule has 7 nitrogen and oxygen atoms in total. The zero-order chi connectivity index (χ0) is 16.8. The molecule has 24 heavy (non-hydrogen) atoms. The molecular formula is C17H21N5O2. The lowest BCUT2D eigenvalue weighted by Gasteiger charge is -2.34. The quantitative estimate of drug-likeness (QED) is 0.891. The molecule has 0 aliphatic carbocycles. The summed E-state index contributed by atoms with van der Waals surface area (Å²) < 4.78 is 5.12. The minimum Gasteiger partial charge on any atom is -0.497 e. The molecule has 1 aromatic heterocycles. The van der Waals surface area contributed by atoms with Crippen molar-refractivity contribution >= 4 is 17.5 Å². The number of nitrogens with zero attached hydrogens (tertiary/aromatic N) is 4. The highest BCUT2D eigenvalue weighted by atomic mass is 16.5. The summed E-state index contributed by atoms with van der Waals surface area (Å²) in [6.07, 6.45) is 3.47. The van der Waals surface area contributed by atoms with Gasteiger partial charge in [-0.15, -0.1) is 0 Å². The molecule has 0 saturated carbocycles. The summed E-state index contributed by atoms with van der Waals surface area (Å²) in [5.41, 5.74) is 0.903. The molecule has 1 saturated heterocycles. The van der Waals surface area contributed by atoms with Gasteiger partial charge in [0.05, 0.1) is 13.7 Å². The van der Waals surface area contributed by atoms with Crippen molar-refractivity contribution in [2.75, 3.05) is 50.1 Å². The number of hydrogen-bond acceptors (Lipinski definition) is 6. The molecule has 7 heteroatoms. The van der Waals surface area contributed by atoms with E-state index in [0.717, 1.165) is 30.5 Å². The van der Waals surface area contributed by atoms with Crippen LogP contribution in [0.2, 0.25) is 0 Å². The molecule has 3 rings (SSSR count). The van der Waals surface area contributed by atoms with Crippen molar-refractivity contribution in [2.45, 2.75) is 0 Å². The third kappa shape index (κ3) is 3.92. The highest BCUT2D eigenvalue weighted by Crippen LogP contribution is 2.15. The summed E-state index contributed by atoms with van der Waals surface area (Å²) in [6.45, 7) is 3.15. The van der Waals surface area contributed by atoms with Crippen LogP contribution in [0.4, 0.5) is 11.6 Å². The van der Waals surface area contributed by atoms with E-state index in [1.807, 2.05) is 29.2 Å². The summed E-state index contributed by atoms with van der Waals surface area (Å²) in [4.78, 5) is 24.8. The molecule has 1 amide bonds. The first-order valence-corrected chi connectivity index (χ1v) is 7.94. The first-order valence-electron chi connectivity index (χ1n) is 7.94. The van der Waals surface area contributed by atoms with E-state index in [2.05, 4.69) is 20.2 Å². The average Bonchev–Trinajstić information content (AvgIpc) is 2.67. The molecule has 0 spiro atoms. The standard InChI is InChI=1S/C17H21N5O2/c1-24-15-5-3-14(4-6-15)20-13-16(23)21-9-11-22(12-10-21)17-18-7-2-8-19-17/h2-8,20H,9-13H2,1H3. The largest absolute Gasteiger partial charge is 0.497 e. The molecule has 1 fully saturated rings. The van der Waals surface area contributed by atoms with Crippen LogP contribution in [0.25, 0.3) is 0 Å². The Morgan fingerprint density at radius 3 is 2.42 bits per heavy atom. The van der Waals surface area contributed by atoms with Gasteiger partial charge in [-0.2, -0.15) is 0 Å². The molecule has 1 N–H and O–H groups in total. The highest BCUT2D eigenvalue weighted by molar-refractivity contribution is 5.81. The molecule has 0 radical (unpaired) electrons. The predicted octanol–water partition coefficient (Wildman–Crippen LogP) is 1.25. The van der Waals surface area contributed by atoms with E-state index in [-0.39, 0.29) is 12.5 Å². The number of methoxy groups -OCH3 is 1. The molecule has 0 unspecified atom stereocenters. The van der Waals surface area contributed by atoms with Crippen molar-refractivity contribution in [3.63, 3.8) is 0 Å². The van der Waals surface area contributed by atoms with Gasteiger partial charge in [-0.25, -0.2) is 9.97 Å². The Hall–Kier alpha value is -2.83. The second kappa shape index (κ2) is 7.63. The maximum absolute atomic E-state index is 12.3. The van der Waals surface area contributed by atoms with Crippen LogP contribution in [0.15, 0.2) is 42.7 Å². The fourth-order valence-electron chi connectivity index (χ4n) is 2.61. The number of anilines is 2. The highest BCUT2D eigenvalue weighted by Gasteiger charge is 2.22. The number of piperazine rings is 1. The molecule has 2 aromatic rings. The fraction of sp³-hybridized carbons (Fsp3) is 0.353. The van der Waals surface area contributed by atoms with Gasteiger partial charge in [0.1, 0.15) is 5.75 Å². The van der Waals surface area contributed by atoms with E-state index in [9.17, 15) is 4.79 Å². The smallest absolute Gasteiger partial charge is 0.241 e. The molecule has 1 aliphatic rings. The summed E-state index contributed by atoms with van der Waals surface area (Å²) in [5, 5.41) is 3.15. The van der Waals surface area contributed by atoms with Gasteiger partial charge >= 0.3 is 0 Å². The van der Waals surface area contributed by atoms with Gasteiger partial charge in [-0.1, -0.05) is 0 Å². The Morgan fingerprint density at radius 1 is 1.12 bits per heavy atom. The Kier molecular flexibility index (Phi) is 5.10. The predicted molar refractivity (Wildman–Crippen MR) is 92.3 cm³/mol. The van der Waals surface area contributed by atoms with Crippen LogP contribution < -0.4 is 15.0 Å². The Morgan fingerprint density at radius 2 is 1.79 bits per heavy atom. The van der Waals surface area contributed by atoms with Crippen LogP contribution in [0.1, 0.15) is 0 Å². The number of benzene rings is 1. The van der Waals surface area contributed by atoms with Gasteiger partial charge in [-0.05, 0) is 30.3 Å². The lowest BCUT2D eigenvalue weighted by molar-refractivity contribution is -0.129. The molecule has 0 atom stereocenters. The number of carbonyl (C=O) groups is 1. The van der Waals surface area contributed by atoms with Gasteiger partial charge in [-0.3, -0.25) is 4.79 Å². The zero-order valence-corrected chi connectivity index (χ0v) is 13.7. The number of rotatable bonds is 5. The van der Waals surface area contributed by atoms with Crippen molar-refractivity contribution in [3.05, 3.63) is 42.7 Å². The lowest BCUT2D eigenvalue weighted by atomic mass is 10.3. The molecule has 2 heterocycles. The van der Waals surface area contributed by atoms with Crippen molar-refractivity contribution < 1.29 is 9.53 Å². The molecule has 0 bridgehead atoms. The molecule has 126 valence electrons. The summed E-state index contributed by atoms with van der Waals surface area (Å²) in [5.74, 6) is 1.62. The van der Waals surface area contributed by atoms with E-state index in [1.54, 1.807) is 25.6 Å². The van der Waals surface area contributed by atoms with Gasteiger partial charge in [0.15, 0.2) is 0 Å². The second-order valence-electron chi connectivity index (χ2n) is 5.50. The summed E-state index contributed by atoms with van der Waals surface area (Å²) >= 11 is 0. The average molecular weight is 327 g/mol. The van der Waals surface area contributed by atoms with Crippen LogP contribution in [0.3, 0.4) is 0 Å². The fourth-order valence-corrected chi connectivity index (χ4v) is 2.61. The maximum Gasteiger partial charge on any atom is 0.241 e. The van der Waals surface area contributed by atoms with Crippen molar-refractivity contribution in [1.82, 2.24) is 14.9 Å². The van der Waals surface area contributed by atoms with Gasteiger partial charge < -0.3 is 19.9 Å². The van der Waals surface area contributed by atoms with E-state index in [4.69, 9.17) is 4.74 Å². The maximum atomic E-state index is 12.3. The number of aromatic nitrogens is 2. The number of nitrogens with one attached hydrogen (secondary N) is 1.